The first-order chi connectivity index (χ1) is 11.1. The summed E-state index contributed by atoms with van der Waals surface area (Å²) in [6.45, 7) is 6.80. The van der Waals surface area contributed by atoms with Crippen LogP contribution in [0, 0.1) is 0 Å². The number of nitrogens with zero attached hydrogens (tertiary/aromatic N) is 2. The Morgan fingerprint density at radius 3 is 2.70 bits per heavy atom. The fraction of sp³-hybridized carbons (Fsp3) is 0.389. The number of hydrogen-bond acceptors (Lipinski definition) is 5. The van der Waals surface area contributed by atoms with Crippen molar-refractivity contribution in [2.75, 3.05) is 18.8 Å². The second-order valence-electron chi connectivity index (χ2n) is 6.36. The number of nitrogen functional groups attached to an aromatic ring is 1. The van der Waals surface area contributed by atoms with Crippen LogP contribution in [0.5, 0.6) is 0 Å². The standard InChI is InChI=1S/C18H21N3S2/c1-11(2)21-9-7-12-14(8-10-21)22-17(19)16(12)18-20-13-5-3-4-6-15(13)23-18/h3-6,11H,7-10,19H2,1-2H3. The number of thiophene rings is 1. The molecule has 3 aromatic rings. The molecule has 23 heavy (non-hydrogen) atoms. The maximum Gasteiger partial charge on any atom is 0.127 e. The zero-order valence-electron chi connectivity index (χ0n) is 13.5. The number of aromatic nitrogens is 1. The van der Waals surface area contributed by atoms with Gasteiger partial charge in [-0.15, -0.1) is 22.7 Å². The van der Waals surface area contributed by atoms with Crippen molar-refractivity contribution in [3.8, 4) is 10.6 Å². The number of nitrogens with two attached hydrogens (primary N) is 1. The number of hydrogen-bond donors (Lipinski definition) is 1. The molecule has 2 N–H and O–H groups in total. The summed E-state index contributed by atoms with van der Waals surface area (Å²) in [6, 6.07) is 8.94. The lowest BCUT2D eigenvalue weighted by Gasteiger charge is -2.24. The average Bonchev–Trinajstić information content (AvgIpc) is 3.00. The van der Waals surface area contributed by atoms with Gasteiger partial charge in [0.15, 0.2) is 0 Å². The van der Waals surface area contributed by atoms with E-state index in [1.165, 1.54) is 20.7 Å². The van der Waals surface area contributed by atoms with Gasteiger partial charge in [-0.3, -0.25) is 0 Å². The predicted octanol–water partition coefficient (Wildman–Crippen LogP) is 4.42. The van der Waals surface area contributed by atoms with Crippen molar-refractivity contribution in [2.24, 2.45) is 0 Å². The Hall–Kier alpha value is -1.43. The van der Waals surface area contributed by atoms with Crippen molar-refractivity contribution in [1.29, 1.82) is 0 Å². The lowest BCUT2D eigenvalue weighted by molar-refractivity contribution is 0.233. The molecule has 0 spiro atoms. The minimum atomic E-state index is 0.604. The number of anilines is 1. The van der Waals surface area contributed by atoms with Crippen LogP contribution in [0.2, 0.25) is 0 Å². The third-order valence-corrected chi connectivity index (χ3v) is 6.81. The van der Waals surface area contributed by atoms with Gasteiger partial charge in [-0.2, -0.15) is 0 Å². The van der Waals surface area contributed by atoms with Crippen molar-refractivity contribution in [2.45, 2.75) is 32.7 Å². The third kappa shape index (κ3) is 2.67. The minimum Gasteiger partial charge on any atom is -0.390 e. The van der Waals surface area contributed by atoms with Gasteiger partial charge in [0.1, 0.15) is 5.01 Å². The largest absolute Gasteiger partial charge is 0.390 e. The van der Waals surface area contributed by atoms with Crippen molar-refractivity contribution in [3.63, 3.8) is 0 Å². The Morgan fingerprint density at radius 1 is 1.13 bits per heavy atom. The predicted molar refractivity (Wildman–Crippen MR) is 101 cm³/mol. The molecule has 0 fully saturated rings. The molecule has 0 atom stereocenters. The Kier molecular flexibility index (Phi) is 3.87. The van der Waals surface area contributed by atoms with E-state index in [-0.39, 0.29) is 0 Å². The van der Waals surface area contributed by atoms with E-state index in [2.05, 4.69) is 36.9 Å². The van der Waals surface area contributed by atoms with E-state index in [9.17, 15) is 0 Å². The molecule has 3 heterocycles. The molecular formula is C18H21N3S2. The summed E-state index contributed by atoms with van der Waals surface area (Å²) in [7, 11) is 0. The highest BCUT2D eigenvalue weighted by Gasteiger charge is 2.24. The number of fused-ring (bicyclic) bond motifs is 2. The first-order valence-corrected chi connectivity index (χ1v) is 9.77. The van der Waals surface area contributed by atoms with Gasteiger partial charge >= 0.3 is 0 Å². The first kappa shape index (κ1) is 15.1. The summed E-state index contributed by atoms with van der Waals surface area (Å²) in [4.78, 5) is 8.86. The normalized spacial score (nSPS) is 16.0. The lowest BCUT2D eigenvalue weighted by atomic mass is 10.1. The van der Waals surface area contributed by atoms with E-state index in [1.54, 1.807) is 22.7 Å². The Bertz CT molecular complexity index is 814. The quantitative estimate of drug-likeness (QED) is 0.749. The minimum absolute atomic E-state index is 0.604. The molecule has 3 nitrogen and oxygen atoms in total. The van der Waals surface area contributed by atoms with Gasteiger partial charge in [-0.1, -0.05) is 12.1 Å². The molecule has 4 rings (SSSR count). The fourth-order valence-electron chi connectivity index (χ4n) is 3.34. The maximum atomic E-state index is 6.39. The van der Waals surface area contributed by atoms with E-state index < -0.39 is 0 Å². The van der Waals surface area contributed by atoms with Gasteiger partial charge in [0.2, 0.25) is 0 Å². The van der Waals surface area contributed by atoms with Crippen LogP contribution in [-0.2, 0) is 12.8 Å². The Balaban J connectivity index is 1.77. The van der Waals surface area contributed by atoms with E-state index in [1.807, 2.05) is 6.07 Å². The highest BCUT2D eigenvalue weighted by atomic mass is 32.1. The second-order valence-corrected chi connectivity index (χ2v) is 8.53. The topological polar surface area (TPSA) is 42.1 Å². The summed E-state index contributed by atoms with van der Waals surface area (Å²) < 4.78 is 1.24. The van der Waals surface area contributed by atoms with Crippen LogP contribution >= 0.6 is 22.7 Å². The van der Waals surface area contributed by atoms with Crippen LogP contribution < -0.4 is 5.73 Å². The fourth-order valence-corrected chi connectivity index (χ4v) is 5.57. The summed E-state index contributed by atoms with van der Waals surface area (Å²) in [6.07, 6.45) is 2.18. The highest BCUT2D eigenvalue weighted by molar-refractivity contribution is 7.22. The Labute approximate surface area is 144 Å². The van der Waals surface area contributed by atoms with Crippen molar-refractivity contribution >= 4 is 37.9 Å². The van der Waals surface area contributed by atoms with E-state index >= 15 is 0 Å². The van der Waals surface area contributed by atoms with Gasteiger partial charge in [-0.25, -0.2) is 4.98 Å². The zero-order valence-corrected chi connectivity index (χ0v) is 15.1. The van der Waals surface area contributed by atoms with Crippen molar-refractivity contribution < 1.29 is 0 Å². The monoisotopic (exact) mass is 343 g/mol. The first-order valence-electron chi connectivity index (χ1n) is 8.13. The number of rotatable bonds is 2. The Morgan fingerprint density at radius 2 is 1.91 bits per heavy atom. The molecule has 0 aliphatic carbocycles. The van der Waals surface area contributed by atoms with Crippen LogP contribution in [0.25, 0.3) is 20.8 Å². The SMILES string of the molecule is CC(C)N1CCc2sc(N)c(-c3nc4ccccc4s3)c2CC1. The number of thiazole rings is 1. The molecule has 0 saturated carbocycles. The molecule has 120 valence electrons. The summed E-state index contributed by atoms with van der Waals surface area (Å²) >= 11 is 3.52. The highest BCUT2D eigenvalue weighted by Crippen LogP contribution is 2.43. The van der Waals surface area contributed by atoms with Gasteiger partial charge in [0.25, 0.3) is 0 Å². The zero-order chi connectivity index (χ0) is 16.0. The smallest absolute Gasteiger partial charge is 0.127 e. The molecule has 5 heteroatoms. The number of para-hydroxylation sites is 1. The van der Waals surface area contributed by atoms with E-state index in [4.69, 9.17) is 10.7 Å². The summed E-state index contributed by atoms with van der Waals surface area (Å²) in [5, 5.41) is 2.02. The van der Waals surface area contributed by atoms with E-state index in [0.717, 1.165) is 41.5 Å². The van der Waals surface area contributed by atoms with Crippen LogP contribution in [-0.4, -0.2) is 29.0 Å². The molecule has 1 aliphatic heterocycles. The van der Waals surface area contributed by atoms with Gasteiger partial charge in [-0.05, 0) is 44.4 Å². The molecule has 0 bridgehead atoms. The van der Waals surface area contributed by atoms with Crippen molar-refractivity contribution in [1.82, 2.24) is 9.88 Å². The van der Waals surface area contributed by atoms with Gasteiger partial charge in [0.05, 0.1) is 15.2 Å². The molecule has 1 aliphatic rings. The average molecular weight is 344 g/mol. The second kappa shape index (κ2) is 5.89. The van der Waals surface area contributed by atoms with Crippen LogP contribution in [0.1, 0.15) is 24.3 Å². The van der Waals surface area contributed by atoms with Gasteiger partial charge < -0.3 is 10.6 Å². The van der Waals surface area contributed by atoms with Crippen LogP contribution in [0.3, 0.4) is 0 Å². The molecule has 1 aromatic carbocycles. The molecule has 0 radical (unpaired) electrons. The molecule has 0 saturated heterocycles. The van der Waals surface area contributed by atoms with Crippen molar-refractivity contribution in [3.05, 3.63) is 34.7 Å². The number of benzene rings is 1. The molecule has 0 amide bonds. The lowest BCUT2D eigenvalue weighted by Crippen LogP contribution is -2.33. The molecular weight excluding hydrogens is 322 g/mol. The van der Waals surface area contributed by atoms with Crippen LogP contribution in [0.15, 0.2) is 24.3 Å². The third-order valence-electron chi connectivity index (χ3n) is 4.63. The van der Waals surface area contributed by atoms with Gasteiger partial charge in [0, 0.05) is 29.6 Å². The molecule has 0 unspecified atom stereocenters. The van der Waals surface area contributed by atoms with E-state index in [0.29, 0.717) is 6.04 Å². The van der Waals surface area contributed by atoms with Crippen LogP contribution in [0.4, 0.5) is 5.00 Å². The summed E-state index contributed by atoms with van der Waals surface area (Å²) in [5.74, 6) is 0. The molecule has 2 aromatic heterocycles. The summed E-state index contributed by atoms with van der Waals surface area (Å²) in [5.41, 5.74) is 10.1. The maximum absolute atomic E-state index is 6.39.